The van der Waals surface area contributed by atoms with Gasteiger partial charge in [-0.2, -0.15) is 5.10 Å². The Bertz CT molecular complexity index is 474. The van der Waals surface area contributed by atoms with E-state index in [1.54, 1.807) is 0 Å². The highest BCUT2D eigenvalue weighted by Gasteiger charge is 2.19. The third kappa shape index (κ3) is 3.60. The fourth-order valence-electron chi connectivity index (χ4n) is 2.49. The molecule has 2 N–H and O–H groups in total. The van der Waals surface area contributed by atoms with Gasteiger partial charge in [0.25, 0.3) is 0 Å². The molecule has 0 bridgehead atoms. The minimum atomic E-state index is 0.104. The van der Waals surface area contributed by atoms with Crippen molar-refractivity contribution in [2.45, 2.75) is 40.7 Å². The Morgan fingerprint density at radius 3 is 2.70 bits per heavy atom. The van der Waals surface area contributed by atoms with Crippen LogP contribution in [-0.2, 0) is 17.8 Å². The van der Waals surface area contributed by atoms with E-state index in [0.717, 1.165) is 43.1 Å². The summed E-state index contributed by atoms with van der Waals surface area (Å²) in [5.74, 6) is 1.26. The first kappa shape index (κ1) is 15.0. The molecule has 0 aliphatic carbocycles. The normalized spacial score (nSPS) is 15.4. The van der Waals surface area contributed by atoms with Gasteiger partial charge in [-0.05, 0) is 19.8 Å². The van der Waals surface area contributed by atoms with Gasteiger partial charge in [0.05, 0.1) is 12.1 Å². The van der Waals surface area contributed by atoms with E-state index >= 15 is 0 Å². The number of hydrogen-bond donors (Lipinski definition) is 2. The predicted molar refractivity (Wildman–Crippen MR) is 79.6 cm³/mol. The molecule has 0 spiro atoms. The molecule has 1 aromatic heterocycles. The minimum absolute atomic E-state index is 0.104. The number of rotatable bonds is 6. The molecule has 1 aliphatic rings. The van der Waals surface area contributed by atoms with Gasteiger partial charge < -0.3 is 10.6 Å². The third-order valence-corrected chi connectivity index (χ3v) is 3.86. The van der Waals surface area contributed by atoms with Gasteiger partial charge in [-0.15, -0.1) is 0 Å². The Morgan fingerprint density at radius 1 is 1.45 bits per heavy atom. The second kappa shape index (κ2) is 6.39. The SMILES string of the molecule is Cc1nn(CC(C)C)c(C)c1CC(=O)NCC1CNC1. The maximum absolute atomic E-state index is 12.0. The number of aryl methyl sites for hydroxylation is 1. The Morgan fingerprint density at radius 2 is 2.15 bits per heavy atom. The van der Waals surface area contributed by atoms with Crippen LogP contribution < -0.4 is 10.6 Å². The van der Waals surface area contributed by atoms with Crippen LogP contribution in [0.2, 0.25) is 0 Å². The quantitative estimate of drug-likeness (QED) is 0.817. The van der Waals surface area contributed by atoms with Crippen molar-refractivity contribution in [1.82, 2.24) is 20.4 Å². The van der Waals surface area contributed by atoms with Crippen LogP contribution in [0.4, 0.5) is 0 Å². The molecule has 2 heterocycles. The van der Waals surface area contributed by atoms with Gasteiger partial charge in [0.1, 0.15) is 0 Å². The van der Waals surface area contributed by atoms with Gasteiger partial charge in [0.15, 0.2) is 0 Å². The molecule has 0 atom stereocenters. The van der Waals surface area contributed by atoms with Crippen LogP contribution >= 0.6 is 0 Å². The summed E-state index contributed by atoms with van der Waals surface area (Å²) in [6.07, 6.45) is 0.440. The fraction of sp³-hybridized carbons (Fsp3) is 0.733. The van der Waals surface area contributed by atoms with E-state index < -0.39 is 0 Å². The van der Waals surface area contributed by atoms with Crippen LogP contribution in [0.25, 0.3) is 0 Å². The average molecular weight is 278 g/mol. The lowest BCUT2D eigenvalue weighted by molar-refractivity contribution is -0.120. The summed E-state index contributed by atoms with van der Waals surface area (Å²) >= 11 is 0. The molecule has 1 fully saturated rings. The van der Waals surface area contributed by atoms with Crippen molar-refractivity contribution in [3.8, 4) is 0 Å². The predicted octanol–water partition coefficient (Wildman–Crippen LogP) is 1.03. The summed E-state index contributed by atoms with van der Waals surface area (Å²) in [6.45, 7) is 12.1. The van der Waals surface area contributed by atoms with Gasteiger partial charge in [0, 0.05) is 43.4 Å². The van der Waals surface area contributed by atoms with Crippen molar-refractivity contribution in [3.63, 3.8) is 0 Å². The van der Waals surface area contributed by atoms with E-state index in [1.165, 1.54) is 0 Å². The van der Waals surface area contributed by atoms with E-state index in [4.69, 9.17) is 0 Å². The van der Waals surface area contributed by atoms with Gasteiger partial charge in [0.2, 0.25) is 5.91 Å². The first-order chi connectivity index (χ1) is 9.47. The highest BCUT2D eigenvalue weighted by Crippen LogP contribution is 2.15. The molecule has 1 aromatic rings. The van der Waals surface area contributed by atoms with Crippen molar-refractivity contribution in [3.05, 3.63) is 17.0 Å². The van der Waals surface area contributed by atoms with E-state index in [0.29, 0.717) is 18.3 Å². The average Bonchev–Trinajstić information content (AvgIpc) is 2.54. The van der Waals surface area contributed by atoms with Crippen molar-refractivity contribution >= 4 is 5.91 Å². The van der Waals surface area contributed by atoms with Gasteiger partial charge >= 0.3 is 0 Å². The van der Waals surface area contributed by atoms with E-state index in [9.17, 15) is 4.79 Å². The Hall–Kier alpha value is -1.36. The van der Waals surface area contributed by atoms with Crippen molar-refractivity contribution < 1.29 is 4.79 Å². The van der Waals surface area contributed by atoms with Crippen LogP contribution in [0.1, 0.15) is 30.8 Å². The number of aromatic nitrogens is 2. The summed E-state index contributed by atoms with van der Waals surface area (Å²) < 4.78 is 2.03. The molecule has 20 heavy (non-hydrogen) atoms. The van der Waals surface area contributed by atoms with Crippen molar-refractivity contribution in [1.29, 1.82) is 0 Å². The number of carbonyl (C=O) groups excluding carboxylic acids is 1. The number of nitrogens with one attached hydrogen (secondary N) is 2. The molecule has 2 rings (SSSR count). The highest BCUT2D eigenvalue weighted by molar-refractivity contribution is 5.79. The van der Waals surface area contributed by atoms with Crippen molar-refractivity contribution in [2.24, 2.45) is 11.8 Å². The Kier molecular flexibility index (Phi) is 4.81. The first-order valence-electron chi connectivity index (χ1n) is 7.47. The van der Waals surface area contributed by atoms with Crippen LogP contribution in [0.3, 0.4) is 0 Å². The van der Waals surface area contributed by atoms with Gasteiger partial charge in [-0.3, -0.25) is 9.48 Å². The molecule has 0 aromatic carbocycles. The summed E-state index contributed by atoms with van der Waals surface area (Å²) in [7, 11) is 0. The number of nitrogens with zero attached hydrogens (tertiary/aromatic N) is 2. The molecule has 0 radical (unpaired) electrons. The molecule has 112 valence electrons. The Balaban J connectivity index is 1.93. The second-order valence-electron chi connectivity index (χ2n) is 6.23. The standard InChI is InChI=1S/C15H26N4O/c1-10(2)9-19-12(4)14(11(3)18-19)5-15(20)17-8-13-6-16-7-13/h10,13,16H,5-9H2,1-4H3,(H,17,20). The molecule has 0 saturated carbocycles. The van der Waals surface area contributed by atoms with Gasteiger partial charge in [-0.25, -0.2) is 0 Å². The molecule has 1 saturated heterocycles. The van der Waals surface area contributed by atoms with E-state index in [1.807, 2.05) is 11.6 Å². The summed E-state index contributed by atoms with van der Waals surface area (Å²) in [5.41, 5.74) is 3.18. The molecule has 1 aliphatic heterocycles. The molecular weight excluding hydrogens is 252 g/mol. The zero-order chi connectivity index (χ0) is 14.7. The monoisotopic (exact) mass is 278 g/mol. The lowest BCUT2D eigenvalue weighted by Gasteiger charge is -2.27. The largest absolute Gasteiger partial charge is 0.355 e. The summed E-state index contributed by atoms with van der Waals surface area (Å²) in [4.78, 5) is 12.0. The third-order valence-electron chi connectivity index (χ3n) is 3.86. The second-order valence-corrected chi connectivity index (χ2v) is 6.23. The highest BCUT2D eigenvalue weighted by atomic mass is 16.1. The maximum Gasteiger partial charge on any atom is 0.224 e. The van der Waals surface area contributed by atoms with Crippen LogP contribution in [0, 0.1) is 25.7 Å². The van der Waals surface area contributed by atoms with E-state index in [-0.39, 0.29) is 5.91 Å². The van der Waals surface area contributed by atoms with Crippen LogP contribution in [0.15, 0.2) is 0 Å². The summed E-state index contributed by atoms with van der Waals surface area (Å²) in [5, 5.41) is 10.8. The van der Waals surface area contributed by atoms with Gasteiger partial charge in [-0.1, -0.05) is 13.8 Å². The Labute approximate surface area is 121 Å². The molecular formula is C15H26N4O. The zero-order valence-electron chi connectivity index (χ0n) is 13.0. The van der Waals surface area contributed by atoms with Crippen molar-refractivity contribution in [2.75, 3.05) is 19.6 Å². The molecule has 5 nitrogen and oxygen atoms in total. The molecule has 1 amide bonds. The smallest absolute Gasteiger partial charge is 0.224 e. The summed E-state index contributed by atoms with van der Waals surface area (Å²) in [6, 6.07) is 0. The fourth-order valence-corrected chi connectivity index (χ4v) is 2.49. The molecule has 5 heteroatoms. The zero-order valence-corrected chi connectivity index (χ0v) is 13.0. The minimum Gasteiger partial charge on any atom is -0.355 e. The van der Waals surface area contributed by atoms with Crippen LogP contribution in [-0.4, -0.2) is 35.3 Å². The van der Waals surface area contributed by atoms with E-state index in [2.05, 4.69) is 36.5 Å². The number of carbonyl (C=O) groups is 1. The first-order valence-corrected chi connectivity index (χ1v) is 7.47. The molecule has 0 unspecified atom stereocenters. The van der Waals surface area contributed by atoms with Crippen LogP contribution in [0.5, 0.6) is 0 Å². The maximum atomic E-state index is 12.0. The lowest BCUT2D eigenvalue weighted by Crippen LogP contribution is -2.48. The topological polar surface area (TPSA) is 59.0 Å². The number of amides is 1. The number of hydrogen-bond acceptors (Lipinski definition) is 3. The lowest BCUT2D eigenvalue weighted by atomic mass is 10.0.